The Morgan fingerprint density at radius 2 is 1.78 bits per heavy atom. The average molecular weight is 433 g/mol. The second-order valence-electron chi connectivity index (χ2n) is 8.17. The smallest absolute Gasteiger partial charge is 0.253 e. The van der Waals surface area contributed by atoms with Crippen LogP contribution in [-0.2, 0) is 16.6 Å². The Morgan fingerprint density at radius 3 is 2.50 bits per heavy atom. The minimum atomic E-state index is -0.515. The van der Waals surface area contributed by atoms with Gasteiger partial charge < -0.3 is 14.8 Å². The summed E-state index contributed by atoms with van der Waals surface area (Å²) in [6.07, 6.45) is 0. The number of aromatic nitrogens is 1. The van der Waals surface area contributed by atoms with Crippen LogP contribution in [0.1, 0.15) is 29.5 Å². The number of hydrogen-bond acceptors (Lipinski definition) is 3. The molecule has 0 saturated heterocycles. The highest BCUT2D eigenvalue weighted by molar-refractivity contribution is 6.09. The first-order chi connectivity index (χ1) is 15.2. The molecule has 1 N–H and O–H groups in total. The highest BCUT2D eigenvalue weighted by Gasteiger charge is 2.34. The van der Waals surface area contributed by atoms with Crippen LogP contribution < -0.4 is 15.8 Å². The summed E-state index contributed by atoms with van der Waals surface area (Å²) in [5.74, 6) is -1.65. The molecule has 32 heavy (non-hydrogen) atoms. The number of halogens is 1. The molecule has 2 aromatic carbocycles. The van der Waals surface area contributed by atoms with Crippen LogP contribution in [0.5, 0.6) is 0 Å². The predicted octanol–water partition coefficient (Wildman–Crippen LogP) is 3.90. The fraction of sp³-hybridized carbons (Fsp3) is 0.240. The van der Waals surface area contributed by atoms with Crippen molar-refractivity contribution in [1.82, 2.24) is 4.57 Å². The zero-order chi connectivity index (χ0) is 23.2. The summed E-state index contributed by atoms with van der Waals surface area (Å²) < 4.78 is 15.4. The summed E-state index contributed by atoms with van der Waals surface area (Å²) in [5.41, 5.74) is 3.75. The number of amides is 2. The third-order valence-corrected chi connectivity index (χ3v) is 5.94. The SMILES string of the molecule is Cc1ccc(NC(=O)CN2C(=O)C(C)c3ccccc3-c3c2cc(C)c(=O)n3C)cc1F. The molecule has 0 saturated carbocycles. The Hall–Kier alpha value is -3.74. The molecule has 0 bridgehead atoms. The maximum Gasteiger partial charge on any atom is 0.253 e. The van der Waals surface area contributed by atoms with Gasteiger partial charge in [-0.3, -0.25) is 14.4 Å². The number of fused-ring (bicyclic) bond motifs is 3. The van der Waals surface area contributed by atoms with E-state index in [0.29, 0.717) is 28.2 Å². The summed E-state index contributed by atoms with van der Waals surface area (Å²) in [7, 11) is 1.67. The predicted molar refractivity (Wildman–Crippen MR) is 122 cm³/mol. The maximum atomic E-state index is 13.9. The maximum absolute atomic E-state index is 13.9. The van der Waals surface area contributed by atoms with Gasteiger partial charge in [0.05, 0.1) is 17.3 Å². The van der Waals surface area contributed by atoms with Crippen LogP contribution in [0.15, 0.2) is 53.3 Å². The fourth-order valence-electron chi connectivity index (χ4n) is 4.15. The van der Waals surface area contributed by atoms with Crippen LogP contribution in [0, 0.1) is 19.7 Å². The molecule has 1 unspecified atom stereocenters. The average Bonchev–Trinajstić information content (AvgIpc) is 2.84. The highest BCUT2D eigenvalue weighted by Crippen LogP contribution is 2.40. The number of nitrogens with one attached hydrogen (secondary N) is 1. The van der Waals surface area contributed by atoms with Gasteiger partial charge in [-0.15, -0.1) is 0 Å². The number of hydrogen-bond donors (Lipinski definition) is 1. The molecule has 0 aliphatic carbocycles. The lowest BCUT2D eigenvalue weighted by Gasteiger charge is -2.25. The van der Waals surface area contributed by atoms with Gasteiger partial charge >= 0.3 is 0 Å². The molecule has 2 amide bonds. The van der Waals surface area contributed by atoms with Crippen LogP contribution in [0.4, 0.5) is 15.8 Å². The first-order valence-electron chi connectivity index (χ1n) is 10.4. The van der Waals surface area contributed by atoms with Gasteiger partial charge in [-0.05, 0) is 50.1 Å². The monoisotopic (exact) mass is 433 g/mol. The van der Waals surface area contributed by atoms with E-state index in [2.05, 4.69) is 5.32 Å². The van der Waals surface area contributed by atoms with Crippen molar-refractivity contribution in [2.75, 3.05) is 16.8 Å². The molecule has 1 aliphatic rings. The van der Waals surface area contributed by atoms with Crippen molar-refractivity contribution in [2.24, 2.45) is 7.05 Å². The first-order valence-corrected chi connectivity index (χ1v) is 10.4. The molecular weight excluding hydrogens is 409 g/mol. The number of aryl methyl sites for hydroxylation is 2. The van der Waals surface area contributed by atoms with Crippen LogP contribution in [-0.4, -0.2) is 22.9 Å². The molecule has 6 nitrogen and oxygen atoms in total. The number of nitrogens with zero attached hydrogens (tertiary/aromatic N) is 2. The number of rotatable bonds is 3. The Balaban J connectivity index is 1.79. The molecule has 4 rings (SSSR count). The van der Waals surface area contributed by atoms with Crippen LogP contribution in [0.25, 0.3) is 11.3 Å². The van der Waals surface area contributed by atoms with Crippen molar-refractivity contribution in [3.8, 4) is 11.3 Å². The molecule has 164 valence electrons. The van der Waals surface area contributed by atoms with Crippen LogP contribution >= 0.6 is 0 Å². The van der Waals surface area contributed by atoms with Crippen molar-refractivity contribution in [3.05, 3.63) is 81.4 Å². The van der Waals surface area contributed by atoms with Gasteiger partial charge in [0.1, 0.15) is 12.4 Å². The van der Waals surface area contributed by atoms with E-state index in [9.17, 15) is 18.8 Å². The van der Waals surface area contributed by atoms with E-state index in [1.165, 1.54) is 15.5 Å². The zero-order valence-electron chi connectivity index (χ0n) is 18.4. The van der Waals surface area contributed by atoms with Gasteiger partial charge in [0.2, 0.25) is 11.8 Å². The molecule has 7 heteroatoms. The lowest BCUT2D eigenvalue weighted by molar-refractivity contribution is -0.122. The minimum Gasteiger partial charge on any atom is -0.324 e. The van der Waals surface area contributed by atoms with E-state index in [1.54, 1.807) is 46.0 Å². The van der Waals surface area contributed by atoms with E-state index in [4.69, 9.17) is 0 Å². The van der Waals surface area contributed by atoms with Gasteiger partial charge in [-0.1, -0.05) is 30.3 Å². The quantitative estimate of drug-likeness (QED) is 0.681. The summed E-state index contributed by atoms with van der Waals surface area (Å²) >= 11 is 0. The first kappa shape index (κ1) is 21.5. The van der Waals surface area contributed by atoms with Crippen molar-refractivity contribution >= 4 is 23.2 Å². The number of pyridine rings is 1. The normalized spacial score (nSPS) is 15.1. The van der Waals surface area contributed by atoms with Gasteiger partial charge in [0.15, 0.2) is 0 Å². The molecule has 2 heterocycles. The lowest BCUT2D eigenvalue weighted by Crippen LogP contribution is -2.40. The molecule has 1 aromatic heterocycles. The standard InChI is InChI=1S/C25H24FN3O3/c1-14-9-10-17(12-20(14)26)27-22(30)13-29-21-11-15(2)24(31)28(4)23(21)19-8-6-5-7-18(19)16(3)25(29)32/h5-12,16H,13H2,1-4H3,(H,27,30). The van der Waals surface area contributed by atoms with Crippen molar-refractivity contribution in [2.45, 2.75) is 26.7 Å². The molecule has 0 fully saturated rings. The van der Waals surface area contributed by atoms with Crippen molar-refractivity contribution in [1.29, 1.82) is 0 Å². The molecular formula is C25H24FN3O3. The van der Waals surface area contributed by atoms with E-state index in [0.717, 1.165) is 11.1 Å². The Labute approximate surface area is 185 Å². The number of carbonyl (C=O) groups excluding carboxylic acids is 2. The number of benzene rings is 2. The van der Waals surface area contributed by atoms with Crippen LogP contribution in [0.3, 0.4) is 0 Å². The second kappa shape index (κ2) is 8.07. The van der Waals surface area contributed by atoms with Crippen LogP contribution in [0.2, 0.25) is 0 Å². The number of carbonyl (C=O) groups is 2. The third-order valence-electron chi connectivity index (χ3n) is 5.94. The minimum absolute atomic E-state index is 0.167. The molecule has 0 radical (unpaired) electrons. The Kier molecular flexibility index (Phi) is 5.42. The van der Waals surface area contributed by atoms with E-state index < -0.39 is 17.6 Å². The summed E-state index contributed by atoms with van der Waals surface area (Å²) in [6.45, 7) is 4.84. The van der Waals surface area contributed by atoms with E-state index in [1.807, 2.05) is 24.3 Å². The highest BCUT2D eigenvalue weighted by atomic mass is 19.1. The lowest BCUT2D eigenvalue weighted by atomic mass is 9.94. The molecule has 1 aliphatic heterocycles. The fourth-order valence-corrected chi connectivity index (χ4v) is 4.15. The van der Waals surface area contributed by atoms with E-state index >= 15 is 0 Å². The van der Waals surface area contributed by atoms with Gasteiger partial charge in [0, 0.05) is 23.9 Å². The van der Waals surface area contributed by atoms with Gasteiger partial charge in [-0.25, -0.2) is 4.39 Å². The van der Waals surface area contributed by atoms with E-state index in [-0.39, 0.29) is 18.0 Å². The molecule has 0 spiro atoms. The van der Waals surface area contributed by atoms with Crippen molar-refractivity contribution in [3.63, 3.8) is 0 Å². The molecule has 3 aromatic rings. The van der Waals surface area contributed by atoms with Gasteiger partial charge in [0.25, 0.3) is 5.56 Å². The summed E-state index contributed by atoms with van der Waals surface area (Å²) in [5, 5.41) is 2.66. The summed E-state index contributed by atoms with van der Waals surface area (Å²) in [6, 6.07) is 13.5. The second-order valence-corrected chi connectivity index (χ2v) is 8.17. The van der Waals surface area contributed by atoms with Gasteiger partial charge in [-0.2, -0.15) is 0 Å². The number of anilines is 2. The summed E-state index contributed by atoms with van der Waals surface area (Å²) in [4.78, 5) is 40.4. The Morgan fingerprint density at radius 1 is 1.06 bits per heavy atom. The topological polar surface area (TPSA) is 71.4 Å². The molecule has 1 atom stereocenters. The zero-order valence-corrected chi connectivity index (χ0v) is 18.4. The third kappa shape index (κ3) is 3.60. The largest absolute Gasteiger partial charge is 0.324 e. The Bertz CT molecular complexity index is 1310. The van der Waals surface area contributed by atoms with Crippen molar-refractivity contribution < 1.29 is 14.0 Å².